The Morgan fingerprint density at radius 1 is 1.04 bits per heavy atom. The Hall–Kier alpha value is -2.45. The fourth-order valence-electron chi connectivity index (χ4n) is 13.2. The topological polar surface area (TPSA) is 144 Å². The summed E-state index contributed by atoms with van der Waals surface area (Å²) < 4.78 is 31.4. The molecule has 14 atom stereocenters. The number of carbonyl (C=O) groups excluding carboxylic acids is 3. The standard InChI is InChI=1S/C37H50N2O10/c1-7-38-17-34(18-49-32(42)20-10-8-9-11-23(20)39-26(40)14-19(2)31(39)41)13-12-25(46-4)36-22-15-21-24(45-3)16-35(43,27(22)28(21)47-5)37(44,33(36)38)30(48-6)29(34)36/h8-11,19,21-22,24-25,27-30,33,43-44H,7,12-18H2,1-6H3/t19-,21+,22?,24-,25-,27-,28-,29+,30-,33+,34-,35+,36-,37-/m0/s1. The van der Waals surface area contributed by atoms with Gasteiger partial charge in [-0.15, -0.1) is 0 Å². The maximum Gasteiger partial charge on any atom is 0.340 e. The van der Waals surface area contributed by atoms with E-state index in [1.165, 1.54) is 0 Å². The minimum atomic E-state index is -1.70. The van der Waals surface area contributed by atoms with Gasteiger partial charge in [0.15, 0.2) is 0 Å². The van der Waals surface area contributed by atoms with Crippen LogP contribution in [0.3, 0.4) is 0 Å². The molecule has 1 unspecified atom stereocenters. The monoisotopic (exact) mass is 682 g/mol. The number of anilines is 1. The largest absolute Gasteiger partial charge is 0.461 e. The SMILES string of the molecule is CCN1C[C@]2(COC(=O)c3ccccc3N3C(=O)C[C@H](C)C3=O)CC[C@H](OC)[C@]34C5C[C@H]6[C@H](OC)[C@H]5[C@](O)(C[C@@H]6OC)[C@@](O)([C@H]13)[C@@H](OC)[C@H]24. The number of piperidine rings is 1. The highest BCUT2D eigenvalue weighted by Crippen LogP contribution is 2.80. The Morgan fingerprint density at radius 3 is 2.43 bits per heavy atom. The molecule has 12 nitrogen and oxygen atoms in total. The van der Waals surface area contributed by atoms with Gasteiger partial charge in [-0.3, -0.25) is 14.5 Å². The van der Waals surface area contributed by atoms with Gasteiger partial charge >= 0.3 is 5.97 Å². The number of fused-ring (bicyclic) bond motifs is 2. The first kappa shape index (κ1) is 33.7. The Kier molecular flexibility index (Phi) is 7.75. The average molecular weight is 683 g/mol. The molecule has 1 aromatic carbocycles. The van der Waals surface area contributed by atoms with Crippen molar-refractivity contribution < 1.29 is 48.3 Å². The number of para-hydroxylation sites is 1. The Labute approximate surface area is 287 Å². The second-order valence-electron chi connectivity index (χ2n) is 16.0. The van der Waals surface area contributed by atoms with E-state index in [0.29, 0.717) is 25.9 Å². The number of likely N-dealkylation sites (tertiary alicyclic amines) is 1. The third-order valence-electron chi connectivity index (χ3n) is 14.5. The number of esters is 1. The van der Waals surface area contributed by atoms with E-state index in [9.17, 15) is 24.6 Å². The molecule has 268 valence electrons. The first-order valence-corrected chi connectivity index (χ1v) is 17.9. The van der Waals surface area contributed by atoms with Crippen LogP contribution in [0.25, 0.3) is 0 Å². The van der Waals surface area contributed by atoms with Gasteiger partial charge in [0.2, 0.25) is 11.8 Å². The number of hydrogen-bond acceptors (Lipinski definition) is 11. The molecular weight excluding hydrogens is 632 g/mol. The second-order valence-corrected chi connectivity index (χ2v) is 16.0. The van der Waals surface area contributed by atoms with Crippen LogP contribution in [0.15, 0.2) is 24.3 Å². The molecule has 8 rings (SSSR count). The number of rotatable bonds is 9. The lowest BCUT2D eigenvalue weighted by atomic mass is 9.42. The molecule has 12 heteroatoms. The van der Waals surface area contributed by atoms with Crippen LogP contribution in [0.5, 0.6) is 0 Å². The maximum absolute atomic E-state index is 14.1. The van der Waals surface area contributed by atoms with Crippen LogP contribution in [0.2, 0.25) is 0 Å². The predicted molar refractivity (Wildman–Crippen MR) is 174 cm³/mol. The minimum absolute atomic E-state index is 0.0358. The lowest BCUT2D eigenvalue weighted by Gasteiger charge is -2.70. The van der Waals surface area contributed by atoms with Crippen LogP contribution in [0, 0.1) is 40.4 Å². The van der Waals surface area contributed by atoms with Crippen molar-refractivity contribution in [3.8, 4) is 0 Å². The van der Waals surface area contributed by atoms with Crippen LogP contribution in [0.4, 0.5) is 5.69 Å². The van der Waals surface area contributed by atoms with E-state index in [4.69, 9.17) is 23.7 Å². The lowest BCUT2D eigenvalue weighted by molar-refractivity contribution is -0.320. The molecule has 1 spiro atoms. The van der Waals surface area contributed by atoms with Gasteiger partial charge in [0, 0.05) is 82.3 Å². The lowest BCUT2D eigenvalue weighted by Crippen LogP contribution is -2.82. The third kappa shape index (κ3) is 3.86. The number of amides is 2. The third-order valence-corrected chi connectivity index (χ3v) is 14.5. The van der Waals surface area contributed by atoms with Gasteiger partial charge in [-0.05, 0) is 43.9 Å². The first-order valence-electron chi connectivity index (χ1n) is 17.9. The summed E-state index contributed by atoms with van der Waals surface area (Å²) in [6, 6.07) is 6.12. The van der Waals surface area contributed by atoms with Gasteiger partial charge in [0.05, 0.1) is 48.3 Å². The zero-order chi connectivity index (χ0) is 34.8. The summed E-state index contributed by atoms with van der Waals surface area (Å²) in [5.41, 5.74) is -4.17. The van der Waals surface area contributed by atoms with Gasteiger partial charge in [-0.2, -0.15) is 0 Å². The van der Waals surface area contributed by atoms with E-state index in [1.54, 1.807) is 59.6 Å². The molecular formula is C37H50N2O10. The summed E-state index contributed by atoms with van der Waals surface area (Å²) in [7, 11) is 6.70. The molecule has 0 radical (unpaired) electrons. The number of likely N-dealkylation sites (N-methyl/N-ethyl adjacent to an activating group) is 1. The Bertz CT molecular complexity index is 1560. The molecule has 2 N–H and O–H groups in total. The number of nitrogens with zero attached hydrogens (tertiary/aromatic N) is 2. The van der Waals surface area contributed by atoms with Crippen molar-refractivity contribution in [1.82, 2.24) is 4.90 Å². The molecule has 7 aliphatic rings. The van der Waals surface area contributed by atoms with Crippen LogP contribution in [-0.4, -0.2) is 123 Å². The van der Waals surface area contributed by atoms with Gasteiger partial charge in [0.1, 0.15) is 11.2 Å². The van der Waals surface area contributed by atoms with E-state index in [1.807, 2.05) is 0 Å². The average Bonchev–Trinajstić information content (AvgIpc) is 3.63. The van der Waals surface area contributed by atoms with Crippen LogP contribution >= 0.6 is 0 Å². The Balaban J connectivity index is 1.23. The van der Waals surface area contributed by atoms with Crippen LogP contribution in [0.1, 0.15) is 56.3 Å². The number of aliphatic hydroxyl groups is 2. The van der Waals surface area contributed by atoms with Crippen molar-refractivity contribution in [1.29, 1.82) is 0 Å². The summed E-state index contributed by atoms with van der Waals surface area (Å²) in [5, 5.41) is 26.6. The van der Waals surface area contributed by atoms with E-state index < -0.39 is 46.1 Å². The van der Waals surface area contributed by atoms with Gasteiger partial charge in [0.25, 0.3) is 0 Å². The van der Waals surface area contributed by atoms with Crippen molar-refractivity contribution in [2.24, 2.45) is 40.4 Å². The minimum Gasteiger partial charge on any atom is -0.461 e. The van der Waals surface area contributed by atoms with E-state index in [2.05, 4.69) is 11.8 Å². The summed E-state index contributed by atoms with van der Waals surface area (Å²) in [6.45, 7) is 4.95. The molecule has 1 aromatic rings. The molecule has 5 saturated carbocycles. The fourth-order valence-corrected chi connectivity index (χ4v) is 13.2. The highest BCUT2D eigenvalue weighted by Gasteiger charge is 2.91. The van der Waals surface area contributed by atoms with Gasteiger partial charge < -0.3 is 33.9 Å². The number of methoxy groups -OCH3 is 4. The Morgan fingerprint density at radius 2 is 1.80 bits per heavy atom. The van der Waals surface area contributed by atoms with Crippen molar-refractivity contribution in [3.63, 3.8) is 0 Å². The van der Waals surface area contributed by atoms with E-state index in [0.717, 1.165) is 11.3 Å². The zero-order valence-corrected chi connectivity index (χ0v) is 29.3. The highest BCUT2D eigenvalue weighted by molar-refractivity contribution is 6.22. The number of benzene rings is 1. The van der Waals surface area contributed by atoms with Crippen molar-refractivity contribution >= 4 is 23.5 Å². The number of imide groups is 1. The second kappa shape index (κ2) is 11.3. The van der Waals surface area contributed by atoms with E-state index in [-0.39, 0.29) is 84.5 Å². The van der Waals surface area contributed by atoms with Crippen molar-refractivity contribution in [2.75, 3.05) is 53.0 Å². The summed E-state index contributed by atoms with van der Waals surface area (Å²) in [5.74, 6) is -2.47. The predicted octanol–water partition coefficient (Wildman–Crippen LogP) is 2.04. The summed E-state index contributed by atoms with van der Waals surface area (Å²) in [4.78, 5) is 43.3. The van der Waals surface area contributed by atoms with E-state index >= 15 is 0 Å². The summed E-state index contributed by atoms with van der Waals surface area (Å²) in [6.07, 6.45) is 0.813. The molecule has 0 aromatic heterocycles. The highest BCUT2D eigenvalue weighted by atomic mass is 16.5. The fraction of sp³-hybridized carbons (Fsp3) is 0.757. The number of hydrogen-bond donors (Lipinski definition) is 2. The quantitative estimate of drug-likeness (QED) is 0.292. The van der Waals surface area contributed by atoms with Gasteiger partial charge in [-0.25, -0.2) is 9.69 Å². The molecule has 2 heterocycles. The molecule has 2 amide bonds. The first-order chi connectivity index (χ1) is 23.4. The normalized spacial score (nSPS) is 48.0. The molecule has 2 aliphatic heterocycles. The molecule has 5 aliphatic carbocycles. The molecule has 2 saturated heterocycles. The number of carbonyl (C=O) groups is 3. The van der Waals surface area contributed by atoms with Crippen molar-refractivity contribution in [3.05, 3.63) is 29.8 Å². The van der Waals surface area contributed by atoms with Gasteiger partial charge in [-0.1, -0.05) is 26.0 Å². The summed E-state index contributed by atoms with van der Waals surface area (Å²) >= 11 is 0. The molecule has 7 bridgehead atoms. The molecule has 49 heavy (non-hydrogen) atoms. The van der Waals surface area contributed by atoms with Crippen LogP contribution in [-0.2, 0) is 33.3 Å². The number of ether oxygens (including phenoxy) is 5. The smallest absolute Gasteiger partial charge is 0.340 e. The van der Waals surface area contributed by atoms with Crippen LogP contribution < -0.4 is 4.90 Å². The van der Waals surface area contributed by atoms with Crippen molar-refractivity contribution in [2.45, 2.75) is 87.6 Å². The zero-order valence-electron chi connectivity index (χ0n) is 29.3. The molecule has 7 fully saturated rings. The maximum atomic E-state index is 14.1.